The third kappa shape index (κ3) is 2.82. The fourth-order valence-corrected chi connectivity index (χ4v) is 1.90. The van der Waals surface area contributed by atoms with Crippen molar-refractivity contribution in [2.45, 2.75) is 6.54 Å². The van der Waals surface area contributed by atoms with Gasteiger partial charge in [0.05, 0.1) is 17.2 Å². The number of aryl methyl sites for hydroxylation is 1. The van der Waals surface area contributed by atoms with Gasteiger partial charge >= 0.3 is 5.69 Å². The summed E-state index contributed by atoms with van der Waals surface area (Å²) < 4.78 is 2.22. The van der Waals surface area contributed by atoms with Gasteiger partial charge in [-0.15, -0.1) is 0 Å². The number of nitro groups is 1. The number of nitrogens with one attached hydrogen (secondary N) is 1. The van der Waals surface area contributed by atoms with Crippen molar-refractivity contribution in [3.05, 3.63) is 67.0 Å². The lowest BCUT2D eigenvalue weighted by Gasteiger charge is -2.10. The largest absolute Gasteiger partial charge is 0.331 e. The molecule has 0 atom stereocenters. The van der Waals surface area contributed by atoms with Crippen LogP contribution >= 0.6 is 0 Å². The summed E-state index contributed by atoms with van der Waals surface area (Å²) in [5.74, 6) is 5.35. The zero-order valence-electron chi connectivity index (χ0n) is 11.1. The molecule has 21 heavy (non-hydrogen) atoms. The molecule has 0 amide bonds. The number of rotatable bonds is 4. The summed E-state index contributed by atoms with van der Waals surface area (Å²) in [4.78, 5) is 34.0. The van der Waals surface area contributed by atoms with Crippen LogP contribution in [0.5, 0.6) is 0 Å². The van der Waals surface area contributed by atoms with E-state index in [-0.39, 0.29) is 12.2 Å². The van der Waals surface area contributed by atoms with Crippen LogP contribution in [0.3, 0.4) is 0 Å². The lowest BCUT2D eigenvalue weighted by atomic mass is 10.1. The highest BCUT2D eigenvalue weighted by molar-refractivity contribution is 5.55. The number of nitrogens with zero attached hydrogens (tertiary/aromatic N) is 3. The fraction of sp³-hybridized carbons (Fsp3) is 0.167. The molecule has 0 aliphatic rings. The Balaban J connectivity index is 2.56. The molecule has 9 nitrogen and oxygen atoms in total. The summed E-state index contributed by atoms with van der Waals surface area (Å²) in [7, 11) is 1.51. The van der Waals surface area contributed by atoms with Gasteiger partial charge in [-0.25, -0.2) is 4.79 Å². The van der Waals surface area contributed by atoms with E-state index in [1.807, 2.05) is 0 Å². The molecule has 9 heteroatoms. The summed E-state index contributed by atoms with van der Waals surface area (Å²) in [5, 5.41) is 10.8. The van der Waals surface area contributed by atoms with Gasteiger partial charge in [0.1, 0.15) is 0 Å². The van der Waals surface area contributed by atoms with E-state index in [1.54, 1.807) is 0 Å². The number of nitro benzene ring substituents is 1. The van der Waals surface area contributed by atoms with Gasteiger partial charge in [0, 0.05) is 37.0 Å². The van der Waals surface area contributed by atoms with Gasteiger partial charge in [-0.3, -0.25) is 25.3 Å². The Labute approximate surface area is 118 Å². The van der Waals surface area contributed by atoms with Crippen molar-refractivity contribution in [3.63, 3.8) is 0 Å². The molecule has 0 radical (unpaired) electrons. The van der Waals surface area contributed by atoms with Crippen molar-refractivity contribution in [1.29, 1.82) is 0 Å². The highest BCUT2D eigenvalue weighted by Gasteiger charge is 2.13. The average molecular weight is 291 g/mol. The van der Waals surface area contributed by atoms with E-state index in [0.717, 1.165) is 4.57 Å². The van der Waals surface area contributed by atoms with Gasteiger partial charge in [-0.05, 0) is 6.07 Å². The molecular weight excluding hydrogens is 278 g/mol. The van der Waals surface area contributed by atoms with Crippen molar-refractivity contribution in [1.82, 2.24) is 9.13 Å². The molecule has 0 fully saturated rings. The molecule has 0 aliphatic heterocycles. The first-order chi connectivity index (χ1) is 9.93. The lowest BCUT2D eigenvalue weighted by molar-refractivity contribution is -0.384. The minimum absolute atomic E-state index is 0.118. The van der Waals surface area contributed by atoms with Gasteiger partial charge in [-0.1, -0.05) is 0 Å². The van der Waals surface area contributed by atoms with Crippen molar-refractivity contribution in [2.75, 3.05) is 5.43 Å². The molecule has 1 aromatic heterocycles. The van der Waals surface area contributed by atoms with Crippen molar-refractivity contribution in [3.8, 4) is 0 Å². The average Bonchev–Trinajstić information content (AvgIpc) is 2.47. The summed E-state index contributed by atoms with van der Waals surface area (Å²) in [6.45, 7) is -0.118. The third-order valence-corrected chi connectivity index (χ3v) is 3.02. The first-order valence-corrected chi connectivity index (χ1v) is 5.94. The fourth-order valence-electron chi connectivity index (χ4n) is 1.90. The topological polar surface area (TPSA) is 125 Å². The molecule has 2 aromatic rings. The predicted octanol–water partition coefficient (Wildman–Crippen LogP) is -0.211. The van der Waals surface area contributed by atoms with Crippen LogP contribution in [0.15, 0.2) is 40.1 Å². The quantitative estimate of drug-likeness (QED) is 0.456. The Kier molecular flexibility index (Phi) is 3.85. The number of benzene rings is 1. The van der Waals surface area contributed by atoms with Crippen LogP contribution < -0.4 is 22.5 Å². The summed E-state index contributed by atoms with van der Waals surface area (Å²) in [5.41, 5.74) is 2.00. The van der Waals surface area contributed by atoms with Crippen LogP contribution in [-0.4, -0.2) is 14.1 Å². The molecule has 0 saturated heterocycles. The predicted molar refractivity (Wildman–Crippen MR) is 76.0 cm³/mol. The molecule has 1 aromatic carbocycles. The lowest BCUT2D eigenvalue weighted by Crippen LogP contribution is -2.38. The first-order valence-electron chi connectivity index (χ1n) is 5.94. The standard InChI is InChI=1S/C12H13N5O4/c1-15-5-4-11(18)16(12(15)19)7-8-6-9(17(20)21)2-3-10(8)14-13/h2-6,14H,7,13H2,1H3. The molecule has 0 bridgehead atoms. The van der Waals surface area contributed by atoms with Gasteiger partial charge < -0.3 is 9.99 Å². The van der Waals surface area contributed by atoms with Crippen LogP contribution in [0.2, 0.25) is 0 Å². The second-order valence-corrected chi connectivity index (χ2v) is 4.38. The van der Waals surface area contributed by atoms with Gasteiger partial charge in [0.25, 0.3) is 11.2 Å². The Bertz CT molecular complexity index is 808. The SMILES string of the molecule is Cn1ccc(=O)n(Cc2cc([N+](=O)[O-])ccc2NN)c1=O. The Morgan fingerprint density at radius 2 is 2.05 bits per heavy atom. The number of hydrogen-bond acceptors (Lipinski definition) is 6. The second kappa shape index (κ2) is 5.59. The van der Waals surface area contributed by atoms with Crippen LogP contribution in [0.1, 0.15) is 5.56 Å². The van der Waals surface area contributed by atoms with E-state index in [9.17, 15) is 19.7 Å². The molecule has 0 unspecified atom stereocenters. The van der Waals surface area contributed by atoms with Crippen LogP contribution in [0, 0.1) is 10.1 Å². The molecular formula is C12H13N5O4. The molecule has 2 rings (SSSR count). The van der Waals surface area contributed by atoms with Gasteiger partial charge in [0.2, 0.25) is 0 Å². The maximum absolute atomic E-state index is 12.0. The number of hydrazine groups is 1. The van der Waals surface area contributed by atoms with Crippen molar-refractivity contribution < 1.29 is 4.92 Å². The molecule has 0 aliphatic carbocycles. The highest BCUT2D eigenvalue weighted by atomic mass is 16.6. The summed E-state index contributed by atoms with van der Waals surface area (Å²) in [6, 6.07) is 5.22. The van der Waals surface area contributed by atoms with E-state index >= 15 is 0 Å². The summed E-state index contributed by atoms with van der Waals surface area (Å²) >= 11 is 0. The van der Waals surface area contributed by atoms with E-state index in [1.165, 1.54) is 42.1 Å². The van der Waals surface area contributed by atoms with Crippen LogP contribution in [-0.2, 0) is 13.6 Å². The smallest absolute Gasteiger partial charge is 0.324 e. The number of anilines is 1. The summed E-state index contributed by atoms with van der Waals surface area (Å²) in [6.07, 6.45) is 1.36. The number of nitrogen functional groups attached to an aromatic ring is 1. The Hall–Kier alpha value is -2.94. The minimum atomic E-state index is -0.560. The Morgan fingerprint density at radius 1 is 1.33 bits per heavy atom. The van der Waals surface area contributed by atoms with Crippen molar-refractivity contribution >= 4 is 11.4 Å². The molecule has 3 N–H and O–H groups in total. The van der Waals surface area contributed by atoms with Crippen LogP contribution in [0.25, 0.3) is 0 Å². The number of non-ortho nitro benzene ring substituents is 1. The maximum Gasteiger partial charge on any atom is 0.331 e. The first kappa shape index (κ1) is 14.5. The molecule has 110 valence electrons. The molecule has 0 saturated carbocycles. The van der Waals surface area contributed by atoms with E-state index in [4.69, 9.17) is 5.84 Å². The zero-order chi connectivity index (χ0) is 15.6. The van der Waals surface area contributed by atoms with Gasteiger partial charge in [-0.2, -0.15) is 0 Å². The number of hydrogen-bond donors (Lipinski definition) is 2. The maximum atomic E-state index is 12.0. The Morgan fingerprint density at radius 3 is 2.67 bits per heavy atom. The monoisotopic (exact) mass is 291 g/mol. The number of nitrogens with two attached hydrogens (primary N) is 1. The minimum Gasteiger partial charge on any atom is -0.324 e. The van der Waals surface area contributed by atoms with E-state index in [2.05, 4.69) is 5.43 Å². The molecule has 1 heterocycles. The van der Waals surface area contributed by atoms with Gasteiger partial charge in [0.15, 0.2) is 0 Å². The van der Waals surface area contributed by atoms with E-state index < -0.39 is 16.2 Å². The highest BCUT2D eigenvalue weighted by Crippen LogP contribution is 2.21. The van der Waals surface area contributed by atoms with E-state index in [0.29, 0.717) is 11.3 Å². The van der Waals surface area contributed by atoms with Crippen LogP contribution in [0.4, 0.5) is 11.4 Å². The van der Waals surface area contributed by atoms with Crippen molar-refractivity contribution in [2.24, 2.45) is 12.9 Å². The third-order valence-electron chi connectivity index (χ3n) is 3.02. The molecule has 0 spiro atoms. The second-order valence-electron chi connectivity index (χ2n) is 4.38. The number of aromatic nitrogens is 2. The zero-order valence-corrected chi connectivity index (χ0v) is 11.1. The normalized spacial score (nSPS) is 10.4.